The highest BCUT2D eigenvalue weighted by Crippen LogP contribution is 2.42. The van der Waals surface area contributed by atoms with Crippen LogP contribution in [-0.4, -0.2) is 0 Å². The molecule has 0 spiro atoms. The first kappa shape index (κ1) is 20.9. The molecule has 0 saturated heterocycles. The molecule has 3 heterocycles. The number of furan rings is 1. The van der Waals surface area contributed by atoms with Crippen LogP contribution in [0.3, 0.4) is 0 Å². The van der Waals surface area contributed by atoms with Crippen LogP contribution in [0, 0.1) is 18.3 Å². The number of para-hydroxylation sites is 1. The number of fused-ring (bicyclic) bond motifs is 6. The van der Waals surface area contributed by atoms with Gasteiger partial charge in [0.15, 0.2) is 6.20 Å². The van der Waals surface area contributed by atoms with Gasteiger partial charge in [0.1, 0.15) is 18.2 Å². The number of thiophene rings is 1. The van der Waals surface area contributed by atoms with Crippen molar-refractivity contribution in [2.24, 2.45) is 7.05 Å². The van der Waals surface area contributed by atoms with Gasteiger partial charge in [0.05, 0.1) is 17.2 Å². The van der Waals surface area contributed by atoms with Gasteiger partial charge in [-0.05, 0) is 48.4 Å². The summed E-state index contributed by atoms with van der Waals surface area (Å²) in [6.45, 7) is 2.14. The number of rotatable bonds is 2. The van der Waals surface area contributed by atoms with E-state index >= 15 is 0 Å². The van der Waals surface area contributed by atoms with Crippen molar-refractivity contribution in [3.63, 3.8) is 0 Å². The molecule has 3 nitrogen and oxygen atoms in total. The molecule has 0 fully saturated rings. The molecule has 0 aliphatic heterocycles. The zero-order valence-corrected chi connectivity index (χ0v) is 20.7. The predicted molar refractivity (Wildman–Crippen MR) is 148 cm³/mol. The molecule has 4 heteroatoms. The van der Waals surface area contributed by atoms with Gasteiger partial charge < -0.3 is 4.42 Å². The quantitative estimate of drug-likeness (QED) is 0.233. The summed E-state index contributed by atoms with van der Waals surface area (Å²) >= 11 is 1.76. The highest BCUT2D eigenvalue weighted by Gasteiger charge is 2.21. The van der Waals surface area contributed by atoms with Crippen LogP contribution >= 0.6 is 11.3 Å². The number of pyridine rings is 1. The molecule has 0 N–H and O–H groups in total. The fourth-order valence-corrected chi connectivity index (χ4v) is 6.43. The lowest BCUT2D eigenvalue weighted by Crippen LogP contribution is -2.30. The van der Waals surface area contributed by atoms with Crippen molar-refractivity contribution in [2.45, 2.75) is 6.92 Å². The van der Waals surface area contributed by atoms with E-state index in [1.165, 1.54) is 20.3 Å². The Hall–Kier alpha value is -4.46. The molecule has 170 valence electrons. The van der Waals surface area contributed by atoms with E-state index in [9.17, 15) is 5.26 Å². The molecule has 0 saturated carbocycles. The Balaban J connectivity index is 1.48. The number of hydrogen-bond acceptors (Lipinski definition) is 3. The molecule has 0 aliphatic rings. The van der Waals surface area contributed by atoms with E-state index in [4.69, 9.17) is 4.42 Å². The first-order valence-electron chi connectivity index (χ1n) is 11.9. The number of nitrogens with zero attached hydrogens (tertiary/aromatic N) is 2. The first-order valence-corrected chi connectivity index (χ1v) is 12.7. The average molecular weight is 482 g/mol. The van der Waals surface area contributed by atoms with E-state index in [1.54, 1.807) is 11.3 Å². The number of benzene rings is 4. The minimum Gasteiger partial charge on any atom is -0.454 e. The summed E-state index contributed by atoms with van der Waals surface area (Å²) < 4.78 is 11.3. The summed E-state index contributed by atoms with van der Waals surface area (Å²) in [5.74, 6) is 0. The Morgan fingerprint density at radius 2 is 1.64 bits per heavy atom. The molecule has 0 radical (unpaired) electrons. The lowest BCUT2D eigenvalue weighted by Gasteiger charge is -2.05. The topological polar surface area (TPSA) is 40.8 Å². The lowest BCUT2D eigenvalue weighted by molar-refractivity contribution is -0.660. The van der Waals surface area contributed by atoms with Crippen LogP contribution in [-0.2, 0) is 7.05 Å². The molecule has 0 amide bonds. The number of aryl methyl sites for hydroxylation is 2. The van der Waals surface area contributed by atoms with Gasteiger partial charge in [-0.2, -0.15) is 5.26 Å². The van der Waals surface area contributed by atoms with E-state index in [1.807, 2.05) is 24.3 Å². The zero-order chi connectivity index (χ0) is 24.4. The molecular formula is C32H21N2OS+. The van der Waals surface area contributed by atoms with Gasteiger partial charge in [0.2, 0.25) is 5.69 Å². The third-order valence-electron chi connectivity index (χ3n) is 7.10. The van der Waals surface area contributed by atoms with Gasteiger partial charge >= 0.3 is 0 Å². The Morgan fingerprint density at radius 3 is 2.50 bits per heavy atom. The van der Waals surface area contributed by atoms with E-state index in [-0.39, 0.29) is 0 Å². The zero-order valence-electron chi connectivity index (χ0n) is 19.9. The largest absolute Gasteiger partial charge is 0.454 e. The van der Waals surface area contributed by atoms with E-state index in [2.05, 4.69) is 91.5 Å². The summed E-state index contributed by atoms with van der Waals surface area (Å²) in [5, 5.41) is 13.9. The molecule has 7 rings (SSSR count). The molecule has 0 bridgehead atoms. The Bertz CT molecular complexity index is 2040. The van der Waals surface area contributed by atoms with Crippen molar-refractivity contribution < 1.29 is 8.98 Å². The van der Waals surface area contributed by atoms with Gasteiger partial charge in [0, 0.05) is 48.6 Å². The highest BCUT2D eigenvalue weighted by molar-refractivity contribution is 7.25. The van der Waals surface area contributed by atoms with Crippen molar-refractivity contribution in [3.05, 3.63) is 102 Å². The monoisotopic (exact) mass is 481 g/mol. The van der Waals surface area contributed by atoms with Crippen molar-refractivity contribution >= 4 is 53.4 Å². The minimum absolute atomic E-state index is 0.691. The van der Waals surface area contributed by atoms with Crippen LogP contribution < -0.4 is 4.57 Å². The standard InChI is InChI=1S/C32H21N2OS/c1-19-9-12-25-24-7-5-6-22(31(24)35-32(25)30(19)27-8-3-4-15-34(27)2)21-11-13-23-26-16-20(18-33)10-14-28(26)36-29(23)17-21/h3-17H,1-2H3/q+1. The maximum absolute atomic E-state index is 9.33. The molecular weight excluding hydrogens is 460 g/mol. The van der Waals surface area contributed by atoms with Crippen molar-refractivity contribution in [1.29, 1.82) is 5.26 Å². The van der Waals surface area contributed by atoms with Gasteiger partial charge in [-0.25, -0.2) is 4.57 Å². The summed E-state index contributed by atoms with van der Waals surface area (Å²) in [6, 6.07) is 31.8. The normalized spacial score (nSPS) is 11.6. The second kappa shape index (κ2) is 7.78. The minimum atomic E-state index is 0.691. The number of aromatic nitrogens is 1. The van der Waals surface area contributed by atoms with Crippen LogP contribution in [0.4, 0.5) is 0 Å². The van der Waals surface area contributed by atoms with Crippen molar-refractivity contribution in [1.82, 2.24) is 0 Å². The third kappa shape index (κ3) is 3.00. The molecule has 4 aromatic carbocycles. The Kier molecular flexibility index (Phi) is 4.51. The van der Waals surface area contributed by atoms with Crippen LogP contribution in [0.2, 0.25) is 0 Å². The van der Waals surface area contributed by atoms with Crippen molar-refractivity contribution in [3.8, 4) is 28.5 Å². The summed E-state index contributed by atoms with van der Waals surface area (Å²) in [7, 11) is 2.07. The van der Waals surface area contributed by atoms with E-state index < -0.39 is 0 Å². The van der Waals surface area contributed by atoms with Crippen LogP contribution in [0.1, 0.15) is 11.1 Å². The first-order chi connectivity index (χ1) is 17.6. The summed E-state index contributed by atoms with van der Waals surface area (Å²) in [6.07, 6.45) is 2.07. The molecule has 0 aliphatic carbocycles. The fraction of sp³-hybridized carbons (Fsp3) is 0.0625. The molecule has 36 heavy (non-hydrogen) atoms. The van der Waals surface area contributed by atoms with Crippen LogP contribution in [0.5, 0.6) is 0 Å². The molecule has 7 aromatic rings. The summed E-state index contributed by atoms with van der Waals surface area (Å²) in [5.41, 5.74) is 8.18. The van der Waals surface area contributed by atoms with Gasteiger partial charge in [0.25, 0.3) is 0 Å². The van der Waals surface area contributed by atoms with Crippen LogP contribution in [0.15, 0.2) is 95.5 Å². The summed E-state index contributed by atoms with van der Waals surface area (Å²) in [4.78, 5) is 0. The maximum Gasteiger partial charge on any atom is 0.216 e. The fourth-order valence-electron chi connectivity index (χ4n) is 5.30. The second-order valence-corrected chi connectivity index (χ2v) is 10.3. The van der Waals surface area contributed by atoms with E-state index in [0.29, 0.717) is 5.56 Å². The molecule has 0 unspecified atom stereocenters. The maximum atomic E-state index is 9.33. The SMILES string of the molecule is Cc1ccc2c(oc3c(-c4ccc5c(c4)sc4ccc(C#N)cc45)cccc32)c1-c1cccc[n+]1C. The van der Waals surface area contributed by atoms with Gasteiger partial charge in [-0.1, -0.05) is 42.5 Å². The Morgan fingerprint density at radius 1 is 0.778 bits per heavy atom. The second-order valence-electron chi connectivity index (χ2n) is 9.25. The van der Waals surface area contributed by atoms with Gasteiger partial charge in [-0.15, -0.1) is 11.3 Å². The highest BCUT2D eigenvalue weighted by atomic mass is 32.1. The molecule has 0 atom stereocenters. The molecule has 3 aromatic heterocycles. The lowest BCUT2D eigenvalue weighted by atomic mass is 9.98. The van der Waals surface area contributed by atoms with Crippen LogP contribution in [0.25, 0.3) is 64.5 Å². The van der Waals surface area contributed by atoms with Gasteiger partial charge in [-0.3, -0.25) is 0 Å². The third-order valence-corrected chi connectivity index (χ3v) is 8.23. The number of hydrogen-bond donors (Lipinski definition) is 0. The predicted octanol–water partition coefficient (Wildman–Crippen LogP) is 8.29. The number of nitriles is 1. The average Bonchev–Trinajstić information content (AvgIpc) is 3.46. The van der Waals surface area contributed by atoms with E-state index in [0.717, 1.165) is 49.7 Å². The van der Waals surface area contributed by atoms with Crippen molar-refractivity contribution in [2.75, 3.05) is 0 Å². The Labute approximate surface area is 212 Å². The smallest absolute Gasteiger partial charge is 0.216 e.